The minimum absolute atomic E-state index is 0.190. The van der Waals surface area contributed by atoms with E-state index < -0.39 is 26.2 Å². The Morgan fingerprint density at radius 1 is 1.24 bits per heavy atom. The molecule has 10 heteroatoms. The number of nitrogens with zero attached hydrogens (tertiary/aromatic N) is 2. The highest BCUT2D eigenvalue weighted by molar-refractivity contribution is 9.10. The number of para-hydroxylation sites is 1. The van der Waals surface area contributed by atoms with E-state index in [0.717, 1.165) is 10.4 Å². The lowest BCUT2D eigenvalue weighted by Crippen LogP contribution is -2.42. The Kier molecular flexibility index (Phi) is 5.81. The largest absolute Gasteiger partial charge is 0.279 e. The van der Waals surface area contributed by atoms with Crippen LogP contribution in [0.4, 0.5) is 11.4 Å². The first-order chi connectivity index (χ1) is 11.7. The van der Waals surface area contributed by atoms with Crippen molar-refractivity contribution < 1.29 is 18.1 Å². The van der Waals surface area contributed by atoms with Gasteiger partial charge in [-0.25, -0.2) is 8.42 Å². The molecule has 25 heavy (non-hydrogen) atoms. The van der Waals surface area contributed by atoms with Gasteiger partial charge in [0.1, 0.15) is 6.04 Å². The van der Waals surface area contributed by atoms with Crippen LogP contribution in [0.1, 0.15) is 6.92 Å². The molecule has 0 saturated heterocycles. The number of nitro benzene ring substituents is 1. The predicted octanol–water partition coefficient (Wildman–Crippen LogP) is 3.71. The first-order valence-electron chi connectivity index (χ1n) is 6.89. The molecule has 0 amide bonds. The van der Waals surface area contributed by atoms with Crippen molar-refractivity contribution >= 4 is 54.2 Å². The summed E-state index contributed by atoms with van der Waals surface area (Å²) in [6.45, 7) is 1.34. The maximum Gasteiger partial charge on any atom is 0.270 e. The topological polar surface area (TPSA) is 97.6 Å². The van der Waals surface area contributed by atoms with Gasteiger partial charge in [-0.05, 0) is 52.7 Å². The van der Waals surface area contributed by atoms with Gasteiger partial charge in [-0.2, -0.15) is 0 Å². The predicted molar refractivity (Wildman–Crippen MR) is 97.2 cm³/mol. The van der Waals surface area contributed by atoms with Crippen molar-refractivity contribution in [3.63, 3.8) is 0 Å². The van der Waals surface area contributed by atoms with Gasteiger partial charge in [-0.1, -0.05) is 18.2 Å². The van der Waals surface area contributed by atoms with Crippen LogP contribution in [0, 0.1) is 10.1 Å². The van der Waals surface area contributed by atoms with Crippen LogP contribution in [0.5, 0.6) is 0 Å². The molecule has 132 valence electrons. The van der Waals surface area contributed by atoms with Crippen LogP contribution >= 0.6 is 27.5 Å². The maximum absolute atomic E-state index is 13.1. The van der Waals surface area contributed by atoms with Crippen molar-refractivity contribution in [2.24, 2.45) is 0 Å². The Morgan fingerprint density at radius 3 is 2.44 bits per heavy atom. The number of sulfonamides is 1. The summed E-state index contributed by atoms with van der Waals surface area (Å²) in [5.74, 6) is 0. The summed E-state index contributed by atoms with van der Waals surface area (Å²) in [5, 5.41) is 10.0. The van der Waals surface area contributed by atoms with Crippen LogP contribution in [-0.2, 0) is 14.8 Å². The average Bonchev–Trinajstić information content (AvgIpc) is 2.56. The lowest BCUT2D eigenvalue weighted by Gasteiger charge is -2.29. The van der Waals surface area contributed by atoms with Crippen molar-refractivity contribution in [2.45, 2.75) is 17.9 Å². The Morgan fingerprint density at radius 2 is 1.88 bits per heavy atom. The minimum Gasteiger partial charge on any atom is -0.279 e. The van der Waals surface area contributed by atoms with Gasteiger partial charge in [0.15, 0.2) is 0 Å². The first kappa shape index (κ1) is 19.4. The molecule has 0 heterocycles. The second-order valence-electron chi connectivity index (χ2n) is 4.99. The first-order valence-corrected chi connectivity index (χ1v) is 9.50. The van der Waals surface area contributed by atoms with Crippen molar-refractivity contribution in [2.75, 3.05) is 4.31 Å². The zero-order valence-electron chi connectivity index (χ0n) is 12.8. The van der Waals surface area contributed by atoms with E-state index in [1.54, 1.807) is 18.2 Å². The Bertz CT molecular complexity index is 935. The number of non-ortho nitro benzene ring substituents is 1. The Hall–Kier alpha value is -1.97. The third kappa shape index (κ3) is 4.00. The fraction of sp³-hybridized carbons (Fsp3) is 0.133. The molecule has 2 aromatic rings. The van der Waals surface area contributed by atoms with E-state index in [9.17, 15) is 23.3 Å². The lowest BCUT2D eigenvalue weighted by molar-refractivity contribution is -0.385. The van der Waals surface area contributed by atoms with Gasteiger partial charge in [0.25, 0.3) is 15.7 Å². The SMILES string of the molecule is CC(C(=O)Cl)N(c1ccccc1Br)S(=O)(=O)c1cccc([N+](=O)[O-])c1. The molecule has 0 aliphatic carbocycles. The number of hydrogen-bond acceptors (Lipinski definition) is 5. The number of rotatable bonds is 6. The van der Waals surface area contributed by atoms with Crippen molar-refractivity contribution in [1.82, 2.24) is 0 Å². The van der Waals surface area contributed by atoms with Crippen LogP contribution in [0.25, 0.3) is 0 Å². The molecule has 0 saturated carbocycles. The summed E-state index contributed by atoms with van der Waals surface area (Å²) in [4.78, 5) is 21.6. The Labute approximate surface area is 157 Å². The molecule has 2 aromatic carbocycles. The molecule has 2 rings (SSSR count). The van der Waals surface area contributed by atoms with E-state index in [1.807, 2.05) is 0 Å². The van der Waals surface area contributed by atoms with E-state index in [2.05, 4.69) is 15.9 Å². The van der Waals surface area contributed by atoms with Crippen LogP contribution < -0.4 is 4.31 Å². The number of nitro groups is 1. The number of carbonyl (C=O) groups is 1. The molecular formula is C15H12BrClN2O5S. The quantitative estimate of drug-likeness (QED) is 0.382. The standard InChI is InChI=1S/C15H12BrClN2O5S/c1-10(15(17)20)18(14-8-3-2-7-13(14)16)25(23,24)12-6-4-5-11(9-12)19(21)22/h2-10H,1H3. The summed E-state index contributed by atoms with van der Waals surface area (Å²) in [6.07, 6.45) is 0. The zero-order chi connectivity index (χ0) is 18.8. The normalized spacial score (nSPS) is 12.4. The van der Waals surface area contributed by atoms with Gasteiger partial charge in [0, 0.05) is 16.6 Å². The molecule has 7 nitrogen and oxygen atoms in total. The molecule has 0 aliphatic heterocycles. The number of halogens is 2. The second-order valence-corrected chi connectivity index (χ2v) is 8.03. The molecule has 0 fully saturated rings. The van der Waals surface area contributed by atoms with E-state index >= 15 is 0 Å². The highest BCUT2D eigenvalue weighted by Gasteiger charge is 2.34. The molecule has 1 atom stereocenters. The van der Waals surface area contributed by atoms with Crippen LogP contribution in [-0.4, -0.2) is 24.6 Å². The number of carbonyl (C=O) groups excluding carboxylic acids is 1. The average molecular weight is 448 g/mol. The van der Waals surface area contributed by atoms with Gasteiger partial charge in [0.2, 0.25) is 5.24 Å². The number of anilines is 1. The summed E-state index contributed by atoms with van der Waals surface area (Å²) in [5.41, 5.74) is -0.187. The van der Waals surface area contributed by atoms with E-state index in [-0.39, 0.29) is 16.3 Å². The minimum atomic E-state index is -4.28. The highest BCUT2D eigenvalue weighted by Crippen LogP contribution is 2.33. The van der Waals surface area contributed by atoms with Crippen molar-refractivity contribution in [1.29, 1.82) is 0 Å². The fourth-order valence-corrected chi connectivity index (χ4v) is 4.57. The summed E-state index contributed by atoms with van der Waals surface area (Å²) < 4.78 is 27.4. The lowest BCUT2D eigenvalue weighted by atomic mass is 10.3. The summed E-state index contributed by atoms with van der Waals surface area (Å²) >= 11 is 8.78. The molecule has 0 radical (unpaired) electrons. The second kappa shape index (κ2) is 7.51. The molecule has 0 spiro atoms. The van der Waals surface area contributed by atoms with E-state index in [0.29, 0.717) is 4.47 Å². The van der Waals surface area contributed by atoms with Gasteiger partial charge >= 0.3 is 0 Å². The fourth-order valence-electron chi connectivity index (χ4n) is 2.14. The van der Waals surface area contributed by atoms with Gasteiger partial charge < -0.3 is 0 Å². The van der Waals surface area contributed by atoms with Crippen molar-refractivity contribution in [3.8, 4) is 0 Å². The van der Waals surface area contributed by atoms with Gasteiger partial charge in [-0.15, -0.1) is 0 Å². The molecule has 0 aromatic heterocycles. The molecule has 0 aliphatic rings. The van der Waals surface area contributed by atoms with Crippen LogP contribution in [0.2, 0.25) is 0 Å². The maximum atomic E-state index is 13.1. The smallest absolute Gasteiger partial charge is 0.270 e. The molecule has 0 bridgehead atoms. The van der Waals surface area contributed by atoms with E-state index in [4.69, 9.17) is 11.6 Å². The molecule has 0 N–H and O–H groups in total. The third-order valence-electron chi connectivity index (χ3n) is 3.36. The Balaban J connectivity index is 2.68. The van der Waals surface area contributed by atoms with E-state index in [1.165, 1.54) is 31.2 Å². The molecule has 1 unspecified atom stereocenters. The third-order valence-corrected chi connectivity index (χ3v) is 6.22. The van der Waals surface area contributed by atoms with Crippen LogP contribution in [0.15, 0.2) is 57.9 Å². The summed E-state index contributed by atoms with van der Waals surface area (Å²) in [6, 6.07) is 9.76. The monoisotopic (exact) mass is 446 g/mol. The highest BCUT2D eigenvalue weighted by atomic mass is 79.9. The molecular weight excluding hydrogens is 436 g/mol. The number of hydrogen-bond donors (Lipinski definition) is 0. The number of benzene rings is 2. The van der Waals surface area contributed by atoms with Gasteiger partial charge in [0.05, 0.1) is 15.5 Å². The van der Waals surface area contributed by atoms with Crippen molar-refractivity contribution in [3.05, 3.63) is 63.1 Å². The van der Waals surface area contributed by atoms with Gasteiger partial charge in [-0.3, -0.25) is 19.2 Å². The van der Waals surface area contributed by atoms with Crippen LogP contribution in [0.3, 0.4) is 0 Å². The zero-order valence-corrected chi connectivity index (χ0v) is 16.0. The summed E-state index contributed by atoms with van der Waals surface area (Å²) in [7, 11) is -4.28.